The van der Waals surface area contributed by atoms with Crippen molar-refractivity contribution >= 4 is 21.5 Å². The number of ether oxygens (including phenoxy) is 1. The lowest BCUT2D eigenvalue weighted by Crippen LogP contribution is -2.17. The fourth-order valence-electron chi connectivity index (χ4n) is 1.38. The van der Waals surface area contributed by atoms with Crippen LogP contribution < -0.4 is 5.73 Å². The monoisotopic (exact) mass is 271 g/mol. The molecule has 0 spiro atoms. The topological polar surface area (TPSA) is 86.5 Å². The summed E-state index contributed by atoms with van der Waals surface area (Å²) in [5.41, 5.74) is 6.40. The number of rotatable bonds is 6. The van der Waals surface area contributed by atoms with Gasteiger partial charge in [0, 0.05) is 5.69 Å². The maximum Gasteiger partial charge on any atom is 0.338 e. The zero-order valence-electron chi connectivity index (χ0n) is 10.3. The van der Waals surface area contributed by atoms with Crippen LogP contribution in [0.2, 0.25) is 0 Å². The Balaban J connectivity index is 2.45. The number of carbonyl (C=O) groups is 1. The summed E-state index contributed by atoms with van der Waals surface area (Å²) in [5, 5.41) is 0. The molecule has 6 heteroatoms. The third-order valence-electron chi connectivity index (χ3n) is 2.29. The van der Waals surface area contributed by atoms with Gasteiger partial charge in [0.15, 0.2) is 9.84 Å². The molecule has 0 aliphatic rings. The van der Waals surface area contributed by atoms with Crippen LogP contribution in [0.4, 0.5) is 5.69 Å². The number of benzene rings is 1. The third kappa shape index (κ3) is 4.75. The Labute approximate surface area is 107 Å². The normalized spacial score (nSPS) is 11.2. The summed E-state index contributed by atoms with van der Waals surface area (Å²) >= 11 is 0. The summed E-state index contributed by atoms with van der Waals surface area (Å²) in [6.07, 6.45) is 0.564. The molecule has 0 unspecified atom stereocenters. The molecule has 100 valence electrons. The molecule has 0 aliphatic heterocycles. The summed E-state index contributed by atoms with van der Waals surface area (Å²) in [7, 11) is -3.11. The average Bonchev–Trinajstić information content (AvgIpc) is 2.29. The lowest BCUT2D eigenvalue weighted by Gasteiger charge is -2.05. The summed E-state index contributed by atoms with van der Waals surface area (Å²) in [4.78, 5) is 11.5. The Morgan fingerprint density at radius 3 is 2.39 bits per heavy atom. The predicted octanol–water partition coefficient (Wildman–Crippen LogP) is 1.25. The van der Waals surface area contributed by atoms with Gasteiger partial charge in [0.05, 0.1) is 17.1 Å². The Morgan fingerprint density at radius 2 is 1.83 bits per heavy atom. The van der Waals surface area contributed by atoms with Gasteiger partial charge in [0.25, 0.3) is 0 Å². The van der Waals surface area contributed by atoms with Gasteiger partial charge >= 0.3 is 5.97 Å². The van der Waals surface area contributed by atoms with Crippen molar-refractivity contribution in [1.82, 2.24) is 0 Å². The zero-order valence-corrected chi connectivity index (χ0v) is 11.1. The summed E-state index contributed by atoms with van der Waals surface area (Å²) < 4.78 is 27.7. The molecule has 0 aromatic heterocycles. The van der Waals surface area contributed by atoms with E-state index in [0.29, 0.717) is 17.7 Å². The molecule has 1 aromatic rings. The van der Waals surface area contributed by atoms with E-state index >= 15 is 0 Å². The van der Waals surface area contributed by atoms with Gasteiger partial charge in [-0.05, 0) is 30.7 Å². The maximum atomic E-state index is 11.5. The molecular weight excluding hydrogens is 254 g/mol. The molecule has 1 aromatic carbocycles. The van der Waals surface area contributed by atoms with Crippen molar-refractivity contribution in [2.45, 2.75) is 13.3 Å². The van der Waals surface area contributed by atoms with Gasteiger partial charge in [0.1, 0.15) is 6.61 Å². The van der Waals surface area contributed by atoms with E-state index in [1.54, 1.807) is 19.1 Å². The second-order valence-electron chi connectivity index (χ2n) is 3.91. The Hall–Kier alpha value is -1.56. The smallest absolute Gasteiger partial charge is 0.338 e. The average molecular weight is 271 g/mol. The number of esters is 1. The van der Waals surface area contributed by atoms with Crippen molar-refractivity contribution in [3.63, 3.8) is 0 Å². The highest BCUT2D eigenvalue weighted by atomic mass is 32.2. The first-order chi connectivity index (χ1) is 8.44. The fraction of sp³-hybridized carbons (Fsp3) is 0.417. The van der Waals surface area contributed by atoms with Crippen LogP contribution in [0.15, 0.2) is 24.3 Å². The molecule has 0 aliphatic carbocycles. The van der Waals surface area contributed by atoms with Crippen LogP contribution in [0, 0.1) is 0 Å². The highest BCUT2D eigenvalue weighted by molar-refractivity contribution is 7.91. The molecule has 0 bridgehead atoms. The Kier molecular flexibility index (Phi) is 5.15. The molecule has 0 atom stereocenters. The van der Waals surface area contributed by atoms with Crippen LogP contribution in [-0.2, 0) is 14.6 Å². The SMILES string of the molecule is CCCS(=O)(=O)CCOC(=O)c1ccc(N)cc1. The van der Waals surface area contributed by atoms with E-state index in [1.165, 1.54) is 12.1 Å². The van der Waals surface area contributed by atoms with Crippen LogP contribution in [0.3, 0.4) is 0 Å². The van der Waals surface area contributed by atoms with E-state index in [9.17, 15) is 13.2 Å². The minimum Gasteiger partial charge on any atom is -0.461 e. The van der Waals surface area contributed by atoms with Gasteiger partial charge in [-0.15, -0.1) is 0 Å². The number of hydrogen-bond acceptors (Lipinski definition) is 5. The lowest BCUT2D eigenvalue weighted by atomic mass is 10.2. The van der Waals surface area contributed by atoms with Crippen LogP contribution in [0.5, 0.6) is 0 Å². The standard InChI is InChI=1S/C12H17NO4S/c1-2-8-18(15,16)9-7-17-12(14)10-3-5-11(13)6-4-10/h3-6H,2,7-9,13H2,1H3. The van der Waals surface area contributed by atoms with Crippen molar-refractivity contribution in [3.05, 3.63) is 29.8 Å². The molecule has 2 N–H and O–H groups in total. The van der Waals surface area contributed by atoms with E-state index in [-0.39, 0.29) is 18.1 Å². The van der Waals surface area contributed by atoms with Crippen molar-refractivity contribution in [2.75, 3.05) is 23.8 Å². The highest BCUT2D eigenvalue weighted by Gasteiger charge is 2.12. The van der Waals surface area contributed by atoms with Gasteiger partial charge in [-0.2, -0.15) is 0 Å². The summed E-state index contributed by atoms with van der Waals surface area (Å²) in [6.45, 7) is 1.67. The number of sulfone groups is 1. The zero-order chi connectivity index (χ0) is 13.6. The van der Waals surface area contributed by atoms with Gasteiger partial charge in [-0.25, -0.2) is 13.2 Å². The Morgan fingerprint density at radius 1 is 1.22 bits per heavy atom. The first kappa shape index (κ1) is 14.5. The second kappa shape index (κ2) is 6.39. The molecule has 18 heavy (non-hydrogen) atoms. The second-order valence-corrected chi connectivity index (χ2v) is 6.21. The van der Waals surface area contributed by atoms with Crippen molar-refractivity contribution in [1.29, 1.82) is 0 Å². The predicted molar refractivity (Wildman–Crippen MR) is 70.1 cm³/mol. The third-order valence-corrected chi connectivity index (χ3v) is 4.11. The molecule has 0 amide bonds. The van der Waals surface area contributed by atoms with E-state index in [4.69, 9.17) is 10.5 Å². The summed E-state index contributed by atoms with van der Waals surface area (Å²) in [5.74, 6) is -0.560. The number of anilines is 1. The first-order valence-corrected chi connectivity index (χ1v) is 7.50. The molecule has 5 nitrogen and oxygen atoms in total. The van der Waals surface area contributed by atoms with E-state index in [0.717, 1.165) is 0 Å². The Bertz CT molecular complexity index is 493. The van der Waals surface area contributed by atoms with E-state index in [2.05, 4.69) is 0 Å². The number of carbonyl (C=O) groups excluding carboxylic acids is 1. The quantitative estimate of drug-likeness (QED) is 0.621. The largest absolute Gasteiger partial charge is 0.461 e. The van der Waals surface area contributed by atoms with Crippen LogP contribution in [0.25, 0.3) is 0 Å². The number of hydrogen-bond donors (Lipinski definition) is 1. The number of nitrogen functional groups attached to an aromatic ring is 1. The molecule has 1 rings (SSSR count). The highest BCUT2D eigenvalue weighted by Crippen LogP contribution is 2.07. The van der Waals surface area contributed by atoms with Crippen molar-refractivity contribution in [2.24, 2.45) is 0 Å². The van der Waals surface area contributed by atoms with Gasteiger partial charge in [-0.1, -0.05) is 6.92 Å². The van der Waals surface area contributed by atoms with Crippen molar-refractivity contribution < 1.29 is 17.9 Å². The minimum absolute atomic E-state index is 0.117. The molecule has 0 fully saturated rings. The van der Waals surface area contributed by atoms with Crippen LogP contribution in [0.1, 0.15) is 23.7 Å². The molecule has 0 radical (unpaired) electrons. The molecule has 0 heterocycles. The lowest BCUT2D eigenvalue weighted by molar-refractivity contribution is 0.0529. The first-order valence-electron chi connectivity index (χ1n) is 5.67. The van der Waals surface area contributed by atoms with Crippen LogP contribution in [-0.4, -0.2) is 32.5 Å². The van der Waals surface area contributed by atoms with Crippen molar-refractivity contribution in [3.8, 4) is 0 Å². The van der Waals surface area contributed by atoms with E-state index in [1.807, 2.05) is 0 Å². The molecular formula is C12H17NO4S. The van der Waals surface area contributed by atoms with Crippen LogP contribution >= 0.6 is 0 Å². The van der Waals surface area contributed by atoms with E-state index < -0.39 is 15.8 Å². The molecule has 0 saturated carbocycles. The van der Waals surface area contributed by atoms with Gasteiger partial charge in [-0.3, -0.25) is 0 Å². The minimum atomic E-state index is -3.11. The van der Waals surface area contributed by atoms with Gasteiger partial charge < -0.3 is 10.5 Å². The number of nitrogens with two attached hydrogens (primary N) is 1. The molecule has 0 saturated heterocycles. The van der Waals surface area contributed by atoms with Gasteiger partial charge in [0.2, 0.25) is 0 Å². The summed E-state index contributed by atoms with van der Waals surface area (Å²) in [6, 6.07) is 6.26. The maximum absolute atomic E-state index is 11.5. The fourth-order valence-corrected chi connectivity index (χ4v) is 2.54.